The first-order valence-corrected chi connectivity index (χ1v) is 6.38. The molecule has 0 bridgehead atoms. The first-order chi connectivity index (χ1) is 9.99. The van der Waals surface area contributed by atoms with Crippen molar-refractivity contribution in [2.75, 3.05) is 0 Å². The van der Waals surface area contributed by atoms with E-state index in [1.54, 1.807) is 19.1 Å². The van der Waals surface area contributed by atoms with Crippen molar-refractivity contribution in [2.45, 2.75) is 13.0 Å². The number of aliphatic hydroxyl groups is 1. The Balaban J connectivity index is 2.08. The van der Waals surface area contributed by atoms with Crippen LogP contribution in [0, 0.1) is 6.92 Å². The average Bonchev–Trinajstić information content (AvgIpc) is 2.47. The Morgan fingerprint density at radius 2 is 1.71 bits per heavy atom. The van der Waals surface area contributed by atoms with Gasteiger partial charge in [0, 0.05) is 16.7 Å². The lowest BCUT2D eigenvalue weighted by Gasteiger charge is -2.25. The van der Waals surface area contributed by atoms with Crippen LogP contribution in [0.3, 0.4) is 0 Å². The molecule has 21 heavy (non-hydrogen) atoms. The fourth-order valence-corrected chi connectivity index (χ4v) is 2.39. The van der Waals surface area contributed by atoms with E-state index >= 15 is 0 Å². The average molecular weight is 286 g/mol. The molecule has 0 aliphatic carbocycles. The van der Waals surface area contributed by atoms with E-state index in [2.05, 4.69) is 0 Å². The van der Waals surface area contributed by atoms with Gasteiger partial charge in [-0.15, -0.1) is 0 Å². The third-order valence-corrected chi connectivity index (χ3v) is 3.59. The molecule has 0 spiro atoms. The van der Waals surface area contributed by atoms with Crippen LogP contribution in [0.15, 0.2) is 36.6 Å². The number of aliphatic hydroxyl groups excluding tert-OH is 1. The zero-order chi connectivity index (χ0) is 15.1. The van der Waals surface area contributed by atoms with Gasteiger partial charge < -0.3 is 25.2 Å². The van der Waals surface area contributed by atoms with Gasteiger partial charge in [-0.3, -0.25) is 0 Å². The molecule has 1 aliphatic heterocycles. The van der Waals surface area contributed by atoms with Gasteiger partial charge in [-0.1, -0.05) is 12.1 Å². The van der Waals surface area contributed by atoms with Crippen molar-refractivity contribution in [3.8, 4) is 23.0 Å². The van der Waals surface area contributed by atoms with E-state index in [0.29, 0.717) is 28.0 Å². The summed E-state index contributed by atoms with van der Waals surface area (Å²) in [6.07, 6.45) is 0.409. The summed E-state index contributed by atoms with van der Waals surface area (Å²) >= 11 is 0. The summed E-state index contributed by atoms with van der Waals surface area (Å²) in [7, 11) is 0. The van der Waals surface area contributed by atoms with Crippen LogP contribution < -0.4 is 4.74 Å². The van der Waals surface area contributed by atoms with Crippen molar-refractivity contribution in [2.24, 2.45) is 0 Å². The predicted molar refractivity (Wildman–Crippen MR) is 76.2 cm³/mol. The molecule has 3 rings (SSSR count). The maximum absolute atomic E-state index is 10.5. The van der Waals surface area contributed by atoms with Crippen LogP contribution in [-0.2, 0) is 0 Å². The van der Waals surface area contributed by atoms with E-state index in [9.17, 15) is 20.4 Å². The maximum atomic E-state index is 10.5. The number of phenolic OH excluding ortho intramolecular Hbond substituents is 3. The Hall–Kier alpha value is -2.66. The third kappa shape index (κ3) is 2.08. The summed E-state index contributed by atoms with van der Waals surface area (Å²) in [6, 6.07) is 7.63. The Bertz CT molecular complexity index is 731. The van der Waals surface area contributed by atoms with E-state index in [0.717, 1.165) is 0 Å². The van der Waals surface area contributed by atoms with Crippen molar-refractivity contribution in [3.05, 3.63) is 53.3 Å². The van der Waals surface area contributed by atoms with Gasteiger partial charge >= 0.3 is 0 Å². The fourth-order valence-electron chi connectivity index (χ4n) is 2.39. The molecular formula is C16H14O5. The predicted octanol–water partition coefficient (Wildman–Crippen LogP) is 2.58. The Labute approximate surface area is 121 Å². The second-order valence-corrected chi connectivity index (χ2v) is 4.93. The minimum absolute atomic E-state index is 0.129. The largest absolute Gasteiger partial charge is 0.508 e. The van der Waals surface area contributed by atoms with Gasteiger partial charge in [-0.2, -0.15) is 0 Å². The normalized spacial score (nSPS) is 16.9. The molecule has 2 aromatic carbocycles. The van der Waals surface area contributed by atoms with Crippen LogP contribution in [0.25, 0.3) is 5.57 Å². The molecule has 0 amide bonds. The van der Waals surface area contributed by atoms with E-state index in [4.69, 9.17) is 4.74 Å². The lowest BCUT2D eigenvalue weighted by molar-refractivity contribution is 0.222. The highest BCUT2D eigenvalue weighted by Gasteiger charge is 2.28. The molecule has 5 nitrogen and oxygen atoms in total. The molecule has 108 valence electrons. The van der Waals surface area contributed by atoms with E-state index in [1.165, 1.54) is 24.5 Å². The van der Waals surface area contributed by atoms with Gasteiger partial charge in [0.2, 0.25) is 0 Å². The molecule has 0 saturated carbocycles. The molecule has 1 unspecified atom stereocenters. The van der Waals surface area contributed by atoms with Crippen LogP contribution in [-0.4, -0.2) is 20.4 Å². The topological polar surface area (TPSA) is 90.2 Å². The standard InChI is InChI=1S/C16H14O5/c1-8-14(19)13(18)6-11-15(20)12(7-21-16(8)11)9-2-4-10(17)5-3-9/h2-7,15,17-20H,1H3. The summed E-state index contributed by atoms with van der Waals surface area (Å²) < 4.78 is 5.50. The Kier molecular flexibility index (Phi) is 2.99. The molecule has 1 atom stereocenters. The van der Waals surface area contributed by atoms with E-state index in [-0.39, 0.29) is 17.2 Å². The number of fused-ring (bicyclic) bond motifs is 1. The maximum Gasteiger partial charge on any atom is 0.164 e. The second-order valence-electron chi connectivity index (χ2n) is 4.93. The molecular weight excluding hydrogens is 272 g/mol. The highest BCUT2D eigenvalue weighted by molar-refractivity contribution is 5.74. The van der Waals surface area contributed by atoms with E-state index < -0.39 is 6.10 Å². The van der Waals surface area contributed by atoms with Crippen LogP contribution in [0.5, 0.6) is 23.0 Å². The summed E-state index contributed by atoms with van der Waals surface area (Å²) in [4.78, 5) is 0. The van der Waals surface area contributed by atoms with Gasteiger partial charge in [0.15, 0.2) is 11.5 Å². The molecule has 4 N–H and O–H groups in total. The van der Waals surface area contributed by atoms with Crippen LogP contribution >= 0.6 is 0 Å². The van der Waals surface area contributed by atoms with Crippen molar-refractivity contribution < 1.29 is 25.2 Å². The molecule has 0 saturated heterocycles. The highest BCUT2D eigenvalue weighted by atomic mass is 16.5. The van der Waals surface area contributed by atoms with Crippen molar-refractivity contribution in [1.82, 2.24) is 0 Å². The summed E-state index contributed by atoms with van der Waals surface area (Å²) in [5.41, 5.74) is 1.95. The van der Waals surface area contributed by atoms with Crippen molar-refractivity contribution in [1.29, 1.82) is 0 Å². The van der Waals surface area contributed by atoms with Crippen LogP contribution in [0.1, 0.15) is 22.8 Å². The van der Waals surface area contributed by atoms with Gasteiger partial charge in [0.1, 0.15) is 17.6 Å². The monoisotopic (exact) mass is 286 g/mol. The number of benzene rings is 2. The summed E-state index contributed by atoms with van der Waals surface area (Å²) in [6.45, 7) is 1.60. The smallest absolute Gasteiger partial charge is 0.164 e. The van der Waals surface area contributed by atoms with Crippen molar-refractivity contribution in [3.63, 3.8) is 0 Å². The zero-order valence-electron chi connectivity index (χ0n) is 11.2. The molecule has 5 heteroatoms. The number of ether oxygens (including phenoxy) is 1. The van der Waals surface area contributed by atoms with Gasteiger partial charge in [-0.05, 0) is 30.7 Å². The Morgan fingerprint density at radius 1 is 1.05 bits per heavy atom. The molecule has 1 heterocycles. The summed E-state index contributed by atoms with van der Waals surface area (Å²) in [5, 5.41) is 39.2. The van der Waals surface area contributed by atoms with Crippen molar-refractivity contribution >= 4 is 5.57 Å². The fraction of sp³-hybridized carbons (Fsp3) is 0.125. The Morgan fingerprint density at radius 3 is 2.38 bits per heavy atom. The van der Waals surface area contributed by atoms with Crippen LogP contribution in [0.2, 0.25) is 0 Å². The lowest BCUT2D eigenvalue weighted by Crippen LogP contribution is -2.10. The second kappa shape index (κ2) is 4.71. The molecule has 0 radical (unpaired) electrons. The van der Waals surface area contributed by atoms with Gasteiger partial charge in [0.05, 0.1) is 6.26 Å². The SMILES string of the molecule is Cc1c(O)c(O)cc2c1OC=C(c1ccc(O)cc1)C2O. The number of hydrogen-bond donors (Lipinski definition) is 4. The number of phenols is 3. The molecule has 0 fully saturated rings. The first-order valence-electron chi connectivity index (χ1n) is 6.38. The van der Waals surface area contributed by atoms with Crippen LogP contribution in [0.4, 0.5) is 0 Å². The molecule has 1 aliphatic rings. The van der Waals surface area contributed by atoms with Gasteiger partial charge in [-0.25, -0.2) is 0 Å². The lowest BCUT2D eigenvalue weighted by atomic mass is 9.92. The minimum atomic E-state index is -0.997. The number of rotatable bonds is 1. The summed E-state index contributed by atoms with van der Waals surface area (Å²) in [5.74, 6) is -0.104. The third-order valence-electron chi connectivity index (χ3n) is 3.59. The minimum Gasteiger partial charge on any atom is -0.508 e. The quantitative estimate of drug-likeness (QED) is 0.605. The molecule has 0 aromatic heterocycles. The highest BCUT2D eigenvalue weighted by Crippen LogP contribution is 2.46. The molecule has 2 aromatic rings. The zero-order valence-corrected chi connectivity index (χ0v) is 11.2. The van der Waals surface area contributed by atoms with E-state index in [1.807, 2.05) is 0 Å². The first kappa shape index (κ1) is 13.3. The van der Waals surface area contributed by atoms with Gasteiger partial charge in [0.25, 0.3) is 0 Å². The number of aromatic hydroxyl groups is 3. The number of hydrogen-bond acceptors (Lipinski definition) is 5.